The summed E-state index contributed by atoms with van der Waals surface area (Å²) in [5.41, 5.74) is 2.98. The molecule has 0 fully saturated rings. The molecule has 6 heteroatoms. The number of amides is 1. The highest BCUT2D eigenvalue weighted by molar-refractivity contribution is 9.10. The molecule has 1 amide bonds. The molecule has 0 aromatic heterocycles. The fourth-order valence-corrected chi connectivity index (χ4v) is 3.46. The number of fused-ring (bicyclic) bond motifs is 1. The molecule has 3 rings (SSSR count). The smallest absolute Gasteiger partial charge is 0.323 e. The van der Waals surface area contributed by atoms with Crippen LogP contribution in [0.5, 0.6) is 0 Å². The molecule has 5 nitrogen and oxygen atoms in total. The first-order valence-electron chi connectivity index (χ1n) is 8.01. The van der Waals surface area contributed by atoms with E-state index >= 15 is 0 Å². The summed E-state index contributed by atoms with van der Waals surface area (Å²) >= 11 is 3.38. The number of carbonyl (C=O) groups is 2. The van der Waals surface area contributed by atoms with E-state index in [-0.39, 0.29) is 18.4 Å². The molecule has 25 heavy (non-hydrogen) atoms. The molecule has 2 aromatic rings. The molecule has 0 aliphatic carbocycles. The van der Waals surface area contributed by atoms with Gasteiger partial charge in [-0.1, -0.05) is 46.3 Å². The van der Waals surface area contributed by atoms with E-state index in [0.717, 1.165) is 15.6 Å². The van der Waals surface area contributed by atoms with Gasteiger partial charge < -0.3 is 10.1 Å². The van der Waals surface area contributed by atoms with Crippen molar-refractivity contribution in [3.63, 3.8) is 0 Å². The van der Waals surface area contributed by atoms with Gasteiger partial charge >= 0.3 is 5.97 Å². The maximum absolute atomic E-state index is 12.4. The summed E-state index contributed by atoms with van der Waals surface area (Å²) in [4.78, 5) is 26.5. The highest BCUT2D eigenvalue weighted by atomic mass is 79.9. The van der Waals surface area contributed by atoms with Gasteiger partial charge in [-0.3, -0.25) is 14.5 Å². The first-order chi connectivity index (χ1) is 12.1. The highest BCUT2D eigenvalue weighted by Crippen LogP contribution is 2.24. The normalized spacial score (nSPS) is 16.8. The third-order valence-electron chi connectivity index (χ3n) is 4.27. The fourth-order valence-electron chi connectivity index (χ4n) is 3.06. The lowest BCUT2D eigenvalue weighted by Crippen LogP contribution is -2.49. The second-order valence-corrected chi connectivity index (χ2v) is 6.89. The van der Waals surface area contributed by atoms with Gasteiger partial charge in [0.05, 0.1) is 13.7 Å². The summed E-state index contributed by atoms with van der Waals surface area (Å²) in [7, 11) is 1.38. The molecule has 0 saturated heterocycles. The number of nitrogens with zero attached hydrogens (tertiary/aromatic N) is 1. The van der Waals surface area contributed by atoms with Gasteiger partial charge in [0, 0.05) is 16.7 Å². The topological polar surface area (TPSA) is 58.6 Å². The van der Waals surface area contributed by atoms with Crippen LogP contribution in [0.2, 0.25) is 0 Å². The lowest BCUT2D eigenvalue weighted by molar-refractivity contribution is -0.148. The Bertz CT molecular complexity index is 794. The summed E-state index contributed by atoms with van der Waals surface area (Å²) in [5, 5.41) is 2.87. The molecule has 1 N–H and O–H groups in total. The van der Waals surface area contributed by atoms with Crippen LogP contribution in [0.15, 0.2) is 53.0 Å². The second kappa shape index (κ2) is 7.80. The summed E-state index contributed by atoms with van der Waals surface area (Å²) < 4.78 is 5.83. The number of carbonyl (C=O) groups excluding carboxylic acids is 2. The molecule has 1 atom stereocenters. The zero-order chi connectivity index (χ0) is 17.8. The molecule has 0 spiro atoms. The first-order valence-corrected chi connectivity index (χ1v) is 8.80. The Morgan fingerprint density at radius 3 is 2.68 bits per heavy atom. The Balaban J connectivity index is 1.74. The van der Waals surface area contributed by atoms with Crippen molar-refractivity contribution in [1.29, 1.82) is 0 Å². The number of methoxy groups -OCH3 is 1. The van der Waals surface area contributed by atoms with Gasteiger partial charge in [0.15, 0.2) is 0 Å². The molecular formula is C19H19BrN2O3. The number of rotatable bonds is 4. The number of ether oxygens (including phenoxy) is 1. The van der Waals surface area contributed by atoms with Crippen molar-refractivity contribution < 1.29 is 14.3 Å². The van der Waals surface area contributed by atoms with Crippen molar-refractivity contribution in [1.82, 2.24) is 4.90 Å². The monoisotopic (exact) mass is 402 g/mol. The van der Waals surface area contributed by atoms with Gasteiger partial charge in [-0.05, 0) is 35.7 Å². The SMILES string of the molecule is COC(=O)[C@@H]1Cc2ccccc2CN1CC(=O)Nc1cccc(Br)c1. The third-order valence-corrected chi connectivity index (χ3v) is 4.77. The quantitative estimate of drug-likeness (QED) is 0.798. The number of esters is 1. The number of nitrogens with one attached hydrogen (secondary N) is 1. The van der Waals surface area contributed by atoms with Crippen LogP contribution >= 0.6 is 15.9 Å². The van der Waals surface area contributed by atoms with E-state index in [1.807, 2.05) is 53.4 Å². The van der Waals surface area contributed by atoms with Crippen LogP contribution in [0, 0.1) is 0 Å². The van der Waals surface area contributed by atoms with E-state index in [2.05, 4.69) is 21.2 Å². The maximum atomic E-state index is 12.4. The van der Waals surface area contributed by atoms with E-state index in [0.29, 0.717) is 18.7 Å². The molecule has 1 aliphatic heterocycles. The van der Waals surface area contributed by atoms with E-state index in [1.54, 1.807) is 0 Å². The average molecular weight is 403 g/mol. The summed E-state index contributed by atoms with van der Waals surface area (Å²) in [5.74, 6) is -0.476. The number of benzene rings is 2. The van der Waals surface area contributed by atoms with Crippen LogP contribution in [0.4, 0.5) is 5.69 Å². The van der Waals surface area contributed by atoms with Crippen LogP contribution in [-0.4, -0.2) is 36.5 Å². The van der Waals surface area contributed by atoms with Crippen LogP contribution in [0.1, 0.15) is 11.1 Å². The molecule has 0 unspecified atom stereocenters. The Morgan fingerprint density at radius 2 is 1.96 bits per heavy atom. The molecular weight excluding hydrogens is 384 g/mol. The highest BCUT2D eigenvalue weighted by Gasteiger charge is 2.33. The van der Waals surface area contributed by atoms with Gasteiger partial charge in [-0.25, -0.2) is 0 Å². The van der Waals surface area contributed by atoms with Crippen molar-refractivity contribution in [2.24, 2.45) is 0 Å². The van der Waals surface area contributed by atoms with Crippen LogP contribution < -0.4 is 5.32 Å². The molecule has 2 aromatic carbocycles. The Labute approximate surface area is 155 Å². The summed E-state index contributed by atoms with van der Waals surface area (Å²) in [6, 6.07) is 14.9. The van der Waals surface area contributed by atoms with E-state index in [1.165, 1.54) is 7.11 Å². The van der Waals surface area contributed by atoms with Crippen LogP contribution in [0.25, 0.3) is 0 Å². The first kappa shape index (κ1) is 17.6. The lowest BCUT2D eigenvalue weighted by atomic mass is 9.94. The zero-order valence-electron chi connectivity index (χ0n) is 13.9. The van der Waals surface area contributed by atoms with Gasteiger partial charge in [-0.2, -0.15) is 0 Å². The predicted molar refractivity (Wildman–Crippen MR) is 99.1 cm³/mol. The largest absolute Gasteiger partial charge is 0.468 e. The fraction of sp³-hybridized carbons (Fsp3) is 0.263. The molecule has 0 bridgehead atoms. The standard InChI is InChI=1S/C19H19BrN2O3/c1-25-19(24)17-9-13-5-2-3-6-14(13)11-22(17)12-18(23)21-16-8-4-7-15(20)10-16/h2-8,10,17H,9,11-12H2,1H3,(H,21,23)/t17-/m0/s1. The minimum atomic E-state index is -0.451. The molecule has 1 heterocycles. The Hall–Kier alpha value is -2.18. The van der Waals surface area contributed by atoms with Crippen molar-refractivity contribution in [2.75, 3.05) is 19.0 Å². The predicted octanol–water partition coefficient (Wildman–Crippen LogP) is 2.99. The van der Waals surface area contributed by atoms with E-state index < -0.39 is 6.04 Å². The van der Waals surface area contributed by atoms with Crippen molar-refractivity contribution >= 4 is 33.5 Å². The number of hydrogen-bond donors (Lipinski definition) is 1. The van der Waals surface area contributed by atoms with Gasteiger partial charge in [0.1, 0.15) is 6.04 Å². The van der Waals surface area contributed by atoms with Gasteiger partial charge in [-0.15, -0.1) is 0 Å². The summed E-state index contributed by atoms with van der Waals surface area (Å²) in [6.45, 7) is 0.669. The average Bonchev–Trinajstić information content (AvgIpc) is 2.60. The molecule has 0 radical (unpaired) electrons. The van der Waals surface area contributed by atoms with Crippen LogP contribution in [0.3, 0.4) is 0 Å². The zero-order valence-corrected chi connectivity index (χ0v) is 15.5. The van der Waals surface area contributed by atoms with Crippen molar-refractivity contribution in [3.05, 3.63) is 64.1 Å². The van der Waals surface area contributed by atoms with E-state index in [9.17, 15) is 9.59 Å². The number of anilines is 1. The van der Waals surface area contributed by atoms with Gasteiger partial charge in [0.2, 0.25) is 5.91 Å². The number of halogens is 1. The minimum absolute atomic E-state index is 0.126. The van der Waals surface area contributed by atoms with Crippen molar-refractivity contribution in [2.45, 2.75) is 19.0 Å². The summed E-state index contributed by atoms with van der Waals surface area (Å²) in [6.07, 6.45) is 0.549. The third kappa shape index (κ3) is 4.27. The Morgan fingerprint density at radius 1 is 1.20 bits per heavy atom. The van der Waals surface area contributed by atoms with E-state index in [4.69, 9.17) is 4.74 Å². The minimum Gasteiger partial charge on any atom is -0.468 e. The lowest BCUT2D eigenvalue weighted by Gasteiger charge is -2.34. The number of hydrogen-bond acceptors (Lipinski definition) is 4. The molecule has 1 aliphatic rings. The molecule has 130 valence electrons. The molecule has 0 saturated carbocycles. The van der Waals surface area contributed by atoms with Crippen LogP contribution in [-0.2, 0) is 27.3 Å². The Kier molecular flexibility index (Phi) is 5.50. The second-order valence-electron chi connectivity index (χ2n) is 5.98. The van der Waals surface area contributed by atoms with Gasteiger partial charge in [0.25, 0.3) is 0 Å². The van der Waals surface area contributed by atoms with Crippen molar-refractivity contribution in [3.8, 4) is 0 Å². The maximum Gasteiger partial charge on any atom is 0.323 e.